The highest BCUT2D eigenvalue weighted by atomic mass is 35.5. The van der Waals surface area contributed by atoms with Gasteiger partial charge >= 0.3 is 0 Å². The first-order chi connectivity index (χ1) is 8.70. The Bertz CT molecular complexity index is 504. The number of nitrogens with zero attached hydrogens (tertiary/aromatic N) is 2. The number of nitrogens with one attached hydrogen (secondary N) is 1. The number of hydrogen-bond acceptors (Lipinski definition) is 3. The summed E-state index contributed by atoms with van der Waals surface area (Å²) in [5, 5.41) is 8.31. The molecule has 0 amide bonds. The molecule has 0 aliphatic heterocycles. The predicted octanol–water partition coefficient (Wildman–Crippen LogP) is 2.59. The number of benzene rings is 1. The third-order valence-electron chi connectivity index (χ3n) is 2.59. The van der Waals surface area contributed by atoms with E-state index in [0.29, 0.717) is 23.0 Å². The van der Waals surface area contributed by atoms with Gasteiger partial charge in [-0.3, -0.25) is 5.10 Å². The molecule has 0 fully saturated rings. The van der Waals surface area contributed by atoms with Gasteiger partial charge in [-0.05, 0) is 30.7 Å². The summed E-state index contributed by atoms with van der Waals surface area (Å²) < 4.78 is 0. The molecule has 1 aromatic carbocycles. The maximum Gasteiger partial charge on any atom is 0.150 e. The molecule has 2 aromatic rings. The van der Waals surface area contributed by atoms with Crippen LogP contribution in [0.5, 0.6) is 0 Å². The van der Waals surface area contributed by atoms with Crippen LogP contribution < -0.4 is 5.73 Å². The second kappa shape index (κ2) is 6.18. The molecule has 0 unspecified atom stereocenters. The first-order valence-electron chi connectivity index (χ1n) is 5.74. The van der Waals surface area contributed by atoms with Crippen LogP contribution in [-0.4, -0.2) is 21.7 Å². The van der Waals surface area contributed by atoms with E-state index < -0.39 is 0 Å². The molecule has 6 heteroatoms. The molecular formula is C12H14Cl2N4. The molecule has 1 heterocycles. The lowest BCUT2D eigenvalue weighted by atomic mass is 10.1. The Morgan fingerprint density at radius 1 is 1.22 bits per heavy atom. The van der Waals surface area contributed by atoms with Crippen molar-refractivity contribution in [3.8, 4) is 0 Å². The number of aromatic amines is 1. The van der Waals surface area contributed by atoms with E-state index in [0.717, 1.165) is 30.1 Å². The van der Waals surface area contributed by atoms with Crippen LogP contribution in [-0.2, 0) is 12.8 Å². The van der Waals surface area contributed by atoms with E-state index in [1.54, 1.807) is 0 Å². The van der Waals surface area contributed by atoms with Gasteiger partial charge in [-0.15, -0.1) is 0 Å². The minimum absolute atomic E-state index is 0.550. The van der Waals surface area contributed by atoms with Crippen LogP contribution in [0.4, 0.5) is 0 Å². The molecule has 2 rings (SSSR count). The summed E-state index contributed by atoms with van der Waals surface area (Å²) in [6.45, 7) is 0.639. The minimum atomic E-state index is 0.550. The van der Waals surface area contributed by atoms with Gasteiger partial charge in [0.05, 0.1) is 0 Å². The Kier molecular flexibility index (Phi) is 4.58. The Labute approximate surface area is 116 Å². The molecule has 96 valence electrons. The van der Waals surface area contributed by atoms with Crippen molar-refractivity contribution in [2.24, 2.45) is 5.73 Å². The molecule has 0 radical (unpaired) electrons. The number of nitrogens with two attached hydrogens (primary N) is 1. The van der Waals surface area contributed by atoms with E-state index in [-0.39, 0.29) is 0 Å². The quantitative estimate of drug-likeness (QED) is 0.887. The molecule has 0 atom stereocenters. The van der Waals surface area contributed by atoms with E-state index in [1.807, 2.05) is 18.2 Å². The zero-order valence-corrected chi connectivity index (χ0v) is 11.3. The summed E-state index contributed by atoms with van der Waals surface area (Å²) in [7, 11) is 0. The summed E-state index contributed by atoms with van der Waals surface area (Å²) in [5.74, 6) is 1.54. The van der Waals surface area contributed by atoms with Crippen LogP contribution in [0.2, 0.25) is 10.0 Å². The lowest BCUT2D eigenvalue weighted by molar-refractivity contribution is 0.785. The Morgan fingerprint density at radius 3 is 2.61 bits per heavy atom. The number of rotatable bonds is 5. The summed E-state index contributed by atoms with van der Waals surface area (Å²) >= 11 is 12.2. The lowest BCUT2D eigenvalue weighted by Gasteiger charge is -2.03. The van der Waals surface area contributed by atoms with Gasteiger partial charge in [0.1, 0.15) is 5.82 Å². The summed E-state index contributed by atoms with van der Waals surface area (Å²) in [5.41, 5.74) is 6.31. The molecule has 0 saturated heterocycles. The molecule has 4 nitrogen and oxygen atoms in total. The van der Waals surface area contributed by atoms with Crippen LogP contribution in [0.25, 0.3) is 0 Å². The van der Waals surface area contributed by atoms with Gasteiger partial charge in [-0.1, -0.05) is 29.3 Å². The molecule has 1 aromatic heterocycles. The van der Waals surface area contributed by atoms with Crippen LogP contribution in [0.1, 0.15) is 23.6 Å². The SMILES string of the molecule is NCCCc1n[nH]c(Cc2c(Cl)cccc2Cl)n1. The third-order valence-corrected chi connectivity index (χ3v) is 3.30. The molecular weight excluding hydrogens is 271 g/mol. The molecule has 0 spiro atoms. The van der Waals surface area contributed by atoms with Crippen molar-refractivity contribution in [1.29, 1.82) is 0 Å². The normalized spacial score (nSPS) is 10.8. The van der Waals surface area contributed by atoms with E-state index in [9.17, 15) is 0 Å². The fourth-order valence-electron chi connectivity index (χ4n) is 1.65. The first-order valence-corrected chi connectivity index (χ1v) is 6.49. The van der Waals surface area contributed by atoms with Gasteiger partial charge in [0.25, 0.3) is 0 Å². The minimum Gasteiger partial charge on any atom is -0.330 e. The fraction of sp³-hybridized carbons (Fsp3) is 0.333. The fourth-order valence-corrected chi connectivity index (χ4v) is 2.19. The van der Waals surface area contributed by atoms with Crippen molar-refractivity contribution in [3.63, 3.8) is 0 Å². The molecule has 3 N–H and O–H groups in total. The maximum atomic E-state index is 6.11. The standard InChI is InChI=1S/C12H14Cl2N4/c13-9-3-1-4-10(14)8(9)7-12-16-11(17-18-12)5-2-6-15/h1,3-4H,2,5-7,15H2,(H,16,17,18). The predicted molar refractivity (Wildman–Crippen MR) is 73.0 cm³/mol. The zero-order chi connectivity index (χ0) is 13.0. The number of halogens is 2. The Hall–Kier alpha value is -1.10. The molecule has 0 aliphatic carbocycles. The van der Waals surface area contributed by atoms with E-state index in [2.05, 4.69) is 15.2 Å². The monoisotopic (exact) mass is 284 g/mol. The van der Waals surface area contributed by atoms with Crippen molar-refractivity contribution in [2.45, 2.75) is 19.3 Å². The first kappa shape index (κ1) is 13.3. The van der Waals surface area contributed by atoms with Gasteiger partial charge in [0.15, 0.2) is 5.82 Å². The summed E-state index contributed by atoms with van der Waals surface area (Å²) in [6.07, 6.45) is 2.21. The van der Waals surface area contributed by atoms with Crippen LogP contribution in [0, 0.1) is 0 Å². The summed E-state index contributed by atoms with van der Waals surface area (Å²) in [4.78, 5) is 4.39. The number of H-pyrrole nitrogens is 1. The van der Waals surface area contributed by atoms with Crippen molar-refractivity contribution >= 4 is 23.2 Å². The van der Waals surface area contributed by atoms with Gasteiger partial charge in [-0.2, -0.15) is 5.10 Å². The topological polar surface area (TPSA) is 67.6 Å². The van der Waals surface area contributed by atoms with E-state index in [1.165, 1.54) is 0 Å². The lowest BCUT2D eigenvalue weighted by Crippen LogP contribution is -2.01. The smallest absolute Gasteiger partial charge is 0.150 e. The molecule has 0 aliphatic rings. The summed E-state index contributed by atoms with van der Waals surface area (Å²) in [6, 6.07) is 5.45. The Morgan fingerprint density at radius 2 is 1.94 bits per heavy atom. The highest BCUT2D eigenvalue weighted by Crippen LogP contribution is 2.25. The number of aryl methyl sites for hydroxylation is 1. The second-order valence-corrected chi connectivity index (χ2v) is 4.78. The molecule has 0 saturated carbocycles. The van der Waals surface area contributed by atoms with Gasteiger partial charge < -0.3 is 5.73 Å². The Balaban J connectivity index is 2.11. The van der Waals surface area contributed by atoms with Crippen molar-refractivity contribution in [3.05, 3.63) is 45.5 Å². The van der Waals surface area contributed by atoms with Crippen molar-refractivity contribution in [1.82, 2.24) is 15.2 Å². The second-order valence-electron chi connectivity index (χ2n) is 3.97. The van der Waals surface area contributed by atoms with Gasteiger partial charge in [-0.25, -0.2) is 4.98 Å². The van der Waals surface area contributed by atoms with E-state index in [4.69, 9.17) is 28.9 Å². The third kappa shape index (κ3) is 3.22. The van der Waals surface area contributed by atoms with Crippen LogP contribution in [0.3, 0.4) is 0 Å². The van der Waals surface area contributed by atoms with Crippen molar-refractivity contribution in [2.75, 3.05) is 6.54 Å². The van der Waals surface area contributed by atoms with Crippen LogP contribution in [0.15, 0.2) is 18.2 Å². The number of aromatic nitrogens is 3. The molecule has 0 bridgehead atoms. The van der Waals surface area contributed by atoms with Gasteiger partial charge in [0.2, 0.25) is 0 Å². The molecule has 18 heavy (non-hydrogen) atoms. The average Bonchev–Trinajstić information content (AvgIpc) is 2.79. The van der Waals surface area contributed by atoms with Gasteiger partial charge in [0, 0.05) is 22.9 Å². The highest BCUT2D eigenvalue weighted by molar-refractivity contribution is 6.36. The maximum absolute atomic E-state index is 6.11. The zero-order valence-electron chi connectivity index (χ0n) is 9.79. The average molecular weight is 285 g/mol. The van der Waals surface area contributed by atoms with E-state index >= 15 is 0 Å². The largest absolute Gasteiger partial charge is 0.330 e. The number of hydrogen-bond donors (Lipinski definition) is 2. The highest BCUT2D eigenvalue weighted by Gasteiger charge is 2.09. The van der Waals surface area contributed by atoms with Crippen LogP contribution >= 0.6 is 23.2 Å². The van der Waals surface area contributed by atoms with Crippen molar-refractivity contribution < 1.29 is 0 Å².